The van der Waals surface area contributed by atoms with Crippen molar-refractivity contribution in [3.63, 3.8) is 0 Å². The van der Waals surface area contributed by atoms with Crippen molar-refractivity contribution in [2.24, 2.45) is 5.41 Å². The van der Waals surface area contributed by atoms with Gasteiger partial charge in [-0.25, -0.2) is 4.68 Å². The van der Waals surface area contributed by atoms with Crippen molar-refractivity contribution in [1.29, 1.82) is 0 Å². The molecule has 25 heavy (non-hydrogen) atoms. The number of hydrogen-bond donors (Lipinski definition) is 1. The lowest BCUT2D eigenvalue weighted by Gasteiger charge is -2.30. The average molecular weight is 404 g/mol. The number of hydrogen-bond acceptors (Lipinski definition) is 4. The fourth-order valence-corrected chi connectivity index (χ4v) is 3.78. The summed E-state index contributed by atoms with van der Waals surface area (Å²) in [5.74, 6) is 0.0294. The van der Waals surface area contributed by atoms with Crippen LogP contribution in [0.4, 0.5) is 0 Å². The number of ketones is 1. The Bertz CT molecular complexity index is 841. The molecule has 0 bridgehead atoms. The highest BCUT2D eigenvalue weighted by molar-refractivity contribution is 9.10. The molecular weight excluding hydrogens is 382 g/mol. The molecule has 1 N–H and O–H groups in total. The minimum atomic E-state index is -0.597. The Morgan fingerprint density at radius 1 is 1.28 bits per heavy atom. The number of aromatic nitrogens is 2. The highest BCUT2D eigenvalue weighted by Gasteiger charge is 2.47. The largest absolute Gasteiger partial charge is 0.309 e. The van der Waals surface area contributed by atoms with Gasteiger partial charge in [-0.1, -0.05) is 24.3 Å². The van der Waals surface area contributed by atoms with E-state index in [1.54, 1.807) is 6.92 Å². The number of benzene rings is 1. The molecule has 0 saturated carbocycles. The van der Waals surface area contributed by atoms with E-state index in [4.69, 9.17) is 0 Å². The third-order valence-electron chi connectivity index (χ3n) is 5.16. The minimum absolute atomic E-state index is 0.00977. The molecule has 1 aromatic carbocycles. The minimum Gasteiger partial charge on any atom is -0.309 e. The van der Waals surface area contributed by atoms with Crippen LogP contribution in [-0.4, -0.2) is 28.0 Å². The molecule has 5 nitrogen and oxygen atoms in total. The first-order chi connectivity index (χ1) is 11.8. The molecule has 0 aliphatic carbocycles. The standard InChI is InChI=1S/C19H22BrN3O2/c1-11-16(20)12(2)23(22-11)18(25)19(4)9-10-21-17(19)15-7-5-14(6-8-15)13(3)24/h5-8,17,21H,9-10H2,1-4H3/t17-,19+/m1/s1. The third kappa shape index (κ3) is 2.98. The molecule has 6 heteroatoms. The molecule has 1 fully saturated rings. The summed E-state index contributed by atoms with van der Waals surface area (Å²) in [6, 6.07) is 7.40. The Balaban J connectivity index is 1.97. The summed E-state index contributed by atoms with van der Waals surface area (Å²) >= 11 is 3.49. The van der Waals surface area contributed by atoms with Gasteiger partial charge in [-0.3, -0.25) is 9.59 Å². The molecule has 1 aromatic heterocycles. The normalized spacial score (nSPS) is 23.0. The van der Waals surface area contributed by atoms with Crippen LogP contribution in [0.15, 0.2) is 28.7 Å². The second-order valence-electron chi connectivity index (χ2n) is 6.93. The summed E-state index contributed by atoms with van der Waals surface area (Å²) in [6.07, 6.45) is 0.737. The maximum Gasteiger partial charge on any atom is 0.255 e. The van der Waals surface area contributed by atoms with E-state index >= 15 is 0 Å². The van der Waals surface area contributed by atoms with Crippen LogP contribution in [0.2, 0.25) is 0 Å². The molecule has 3 rings (SSSR count). The highest BCUT2D eigenvalue weighted by Crippen LogP contribution is 2.43. The van der Waals surface area contributed by atoms with Crippen LogP contribution in [0.25, 0.3) is 0 Å². The first kappa shape index (κ1) is 18.0. The number of carbonyl (C=O) groups is 2. The van der Waals surface area contributed by atoms with E-state index in [1.807, 2.05) is 45.0 Å². The number of halogens is 1. The van der Waals surface area contributed by atoms with Gasteiger partial charge in [0.2, 0.25) is 0 Å². The number of nitrogens with zero attached hydrogens (tertiary/aromatic N) is 2. The predicted octanol–water partition coefficient (Wildman–Crippen LogP) is 3.85. The topological polar surface area (TPSA) is 64.0 Å². The van der Waals surface area contributed by atoms with Crippen LogP contribution < -0.4 is 5.32 Å². The van der Waals surface area contributed by atoms with Crippen LogP contribution in [0.3, 0.4) is 0 Å². The number of aryl methyl sites for hydroxylation is 1. The Morgan fingerprint density at radius 2 is 1.92 bits per heavy atom. The van der Waals surface area contributed by atoms with E-state index in [1.165, 1.54) is 4.68 Å². The van der Waals surface area contributed by atoms with Crippen LogP contribution in [0.1, 0.15) is 58.4 Å². The lowest BCUT2D eigenvalue weighted by atomic mass is 9.78. The highest BCUT2D eigenvalue weighted by atomic mass is 79.9. The zero-order chi connectivity index (χ0) is 18.4. The summed E-state index contributed by atoms with van der Waals surface area (Å²) in [6.45, 7) is 8.08. The van der Waals surface area contributed by atoms with Gasteiger partial charge in [-0.05, 0) is 62.2 Å². The molecule has 1 aliphatic rings. The monoisotopic (exact) mass is 403 g/mol. The van der Waals surface area contributed by atoms with E-state index in [0.29, 0.717) is 5.56 Å². The van der Waals surface area contributed by atoms with Gasteiger partial charge in [0, 0.05) is 11.6 Å². The predicted molar refractivity (Wildman–Crippen MR) is 99.9 cm³/mol. The fourth-order valence-electron chi connectivity index (χ4n) is 3.54. The van der Waals surface area contributed by atoms with Crippen molar-refractivity contribution in [3.05, 3.63) is 51.3 Å². The van der Waals surface area contributed by atoms with Gasteiger partial charge in [0.15, 0.2) is 5.78 Å². The van der Waals surface area contributed by atoms with Crippen LogP contribution >= 0.6 is 15.9 Å². The molecule has 132 valence electrons. The molecule has 2 atom stereocenters. The maximum absolute atomic E-state index is 13.3. The van der Waals surface area contributed by atoms with Gasteiger partial charge < -0.3 is 5.32 Å². The molecule has 2 heterocycles. The van der Waals surface area contributed by atoms with Crippen LogP contribution in [0, 0.1) is 19.3 Å². The number of nitrogens with one attached hydrogen (secondary N) is 1. The average Bonchev–Trinajstić information content (AvgIpc) is 3.10. The summed E-state index contributed by atoms with van der Waals surface area (Å²) in [5, 5.41) is 7.86. The summed E-state index contributed by atoms with van der Waals surface area (Å²) in [4.78, 5) is 24.8. The van der Waals surface area contributed by atoms with E-state index in [2.05, 4.69) is 26.3 Å². The zero-order valence-corrected chi connectivity index (χ0v) is 16.5. The van der Waals surface area contributed by atoms with Gasteiger partial charge in [0.05, 0.1) is 21.3 Å². The van der Waals surface area contributed by atoms with E-state index in [9.17, 15) is 9.59 Å². The number of rotatable bonds is 3. The lowest BCUT2D eigenvalue weighted by Crippen LogP contribution is -2.38. The Labute approximate surface area is 155 Å². The van der Waals surface area contributed by atoms with Gasteiger partial charge in [0.1, 0.15) is 0 Å². The van der Waals surface area contributed by atoms with Crippen molar-refractivity contribution < 1.29 is 9.59 Å². The van der Waals surface area contributed by atoms with Crippen molar-refractivity contribution in [2.45, 2.75) is 40.2 Å². The Morgan fingerprint density at radius 3 is 2.44 bits per heavy atom. The smallest absolute Gasteiger partial charge is 0.255 e. The maximum atomic E-state index is 13.3. The summed E-state index contributed by atoms with van der Waals surface area (Å²) < 4.78 is 2.39. The molecule has 1 aliphatic heterocycles. The van der Waals surface area contributed by atoms with Crippen molar-refractivity contribution >= 4 is 27.6 Å². The molecule has 1 saturated heterocycles. The zero-order valence-electron chi connectivity index (χ0n) is 14.9. The van der Waals surface area contributed by atoms with E-state index < -0.39 is 5.41 Å². The number of Topliss-reactive ketones (excluding diaryl/α,β-unsaturated/α-hetero) is 1. The van der Waals surface area contributed by atoms with E-state index in [0.717, 1.165) is 34.4 Å². The second kappa shape index (κ2) is 6.50. The third-order valence-corrected chi connectivity index (χ3v) is 6.31. The van der Waals surface area contributed by atoms with Gasteiger partial charge >= 0.3 is 0 Å². The fraction of sp³-hybridized carbons (Fsp3) is 0.421. The SMILES string of the molecule is CC(=O)c1ccc([C@H]2NCC[C@]2(C)C(=O)n2nc(C)c(Br)c2C)cc1. The first-order valence-electron chi connectivity index (χ1n) is 8.36. The van der Waals surface area contributed by atoms with Gasteiger partial charge in [0.25, 0.3) is 5.91 Å². The molecule has 0 spiro atoms. The van der Waals surface area contributed by atoms with Crippen molar-refractivity contribution in [2.75, 3.05) is 6.54 Å². The molecule has 0 unspecified atom stereocenters. The Hall–Kier alpha value is -1.79. The molecule has 0 amide bonds. The van der Waals surface area contributed by atoms with Crippen molar-refractivity contribution in [1.82, 2.24) is 15.1 Å². The molecule has 0 radical (unpaired) electrons. The summed E-state index contributed by atoms with van der Waals surface area (Å²) in [7, 11) is 0. The lowest BCUT2D eigenvalue weighted by molar-refractivity contribution is 0.0676. The molecular formula is C19H22BrN3O2. The summed E-state index contributed by atoms with van der Waals surface area (Å²) in [5.41, 5.74) is 2.72. The van der Waals surface area contributed by atoms with Crippen LogP contribution in [-0.2, 0) is 0 Å². The quantitative estimate of drug-likeness (QED) is 0.790. The number of carbonyl (C=O) groups excluding carboxylic acids is 2. The molecule has 2 aromatic rings. The Kier molecular flexibility index (Phi) is 4.68. The van der Waals surface area contributed by atoms with Gasteiger partial charge in [-0.2, -0.15) is 5.10 Å². The second-order valence-corrected chi connectivity index (χ2v) is 7.73. The van der Waals surface area contributed by atoms with Gasteiger partial charge in [-0.15, -0.1) is 0 Å². The van der Waals surface area contributed by atoms with E-state index in [-0.39, 0.29) is 17.7 Å². The first-order valence-corrected chi connectivity index (χ1v) is 9.16. The van der Waals surface area contributed by atoms with Crippen LogP contribution in [0.5, 0.6) is 0 Å². The van der Waals surface area contributed by atoms with Crippen molar-refractivity contribution in [3.8, 4) is 0 Å².